The average molecular weight is 265 g/mol. The second kappa shape index (κ2) is 5.87. The van der Waals surface area contributed by atoms with Crippen LogP contribution in [0.15, 0.2) is 42.5 Å². The summed E-state index contributed by atoms with van der Waals surface area (Å²) in [5.74, 6) is 1.13. The Balaban J connectivity index is 2.22. The first-order valence-corrected chi connectivity index (χ1v) is 5.87. The molecule has 0 saturated carbocycles. The highest BCUT2D eigenvalue weighted by molar-refractivity contribution is 6.32. The molecule has 0 aliphatic heterocycles. The molecule has 3 nitrogen and oxygen atoms in total. The number of hydrogen-bond donors (Lipinski definition) is 2. The summed E-state index contributed by atoms with van der Waals surface area (Å²) in [5, 5.41) is 18.5. The van der Waals surface area contributed by atoms with E-state index >= 15 is 0 Å². The molecule has 0 atom stereocenters. The van der Waals surface area contributed by atoms with Crippen molar-refractivity contribution >= 4 is 11.6 Å². The van der Waals surface area contributed by atoms with Crippen LogP contribution < -0.4 is 4.74 Å². The third-order valence-electron chi connectivity index (χ3n) is 2.49. The minimum atomic E-state index is -0.0556. The molecule has 94 valence electrons. The largest absolute Gasteiger partial charge is 0.456 e. The van der Waals surface area contributed by atoms with Gasteiger partial charge in [-0.2, -0.15) is 0 Å². The van der Waals surface area contributed by atoms with Crippen molar-refractivity contribution in [2.75, 3.05) is 0 Å². The quantitative estimate of drug-likeness (QED) is 0.892. The molecule has 0 radical (unpaired) electrons. The van der Waals surface area contributed by atoms with Gasteiger partial charge in [0, 0.05) is 0 Å². The summed E-state index contributed by atoms with van der Waals surface area (Å²) in [6.07, 6.45) is 0. The van der Waals surface area contributed by atoms with Crippen molar-refractivity contribution < 1.29 is 14.9 Å². The Bertz CT molecular complexity index is 540. The van der Waals surface area contributed by atoms with Gasteiger partial charge in [-0.3, -0.25) is 0 Å². The van der Waals surface area contributed by atoms with Crippen LogP contribution in [0.3, 0.4) is 0 Å². The summed E-state index contributed by atoms with van der Waals surface area (Å²) in [6, 6.07) is 12.3. The standard InChI is InChI=1S/C14H13ClO3/c15-13-7-11(9-17)4-5-14(13)18-12-3-1-2-10(6-12)8-16/h1-7,16-17H,8-9H2. The van der Waals surface area contributed by atoms with E-state index in [0.717, 1.165) is 11.1 Å². The Morgan fingerprint density at radius 2 is 1.67 bits per heavy atom. The SMILES string of the molecule is OCc1cccc(Oc2ccc(CO)cc2Cl)c1. The summed E-state index contributed by atoms with van der Waals surface area (Å²) in [5.41, 5.74) is 1.51. The van der Waals surface area contributed by atoms with Gasteiger partial charge in [0.2, 0.25) is 0 Å². The molecule has 0 aliphatic carbocycles. The Hall–Kier alpha value is -1.55. The van der Waals surface area contributed by atoms with E-state index in [-0.39, 0.29) is 13.2 Å². The van der Waals surface area contributed by atoms with Gasteiger partial charge in [0.05, 0.1) is 18.2 Å². The maximum absolute atomic E-state index is 9.04. The molecule has 2 aromatic rings. The average Bonchev–Trinajstić information content (AvgIpc) is 2.41. The van der Waals surface area contributed by atoms with Crippen molar-refractivity contribution in [1.29, 1.82) is 0 Å². The second-order valence-corrected chi connectivity index (χ2v) is 4.24. The number of rotatable bonds is 4. The number of aliphatic hydroxyl groups excluding tert-OH is 2. The van der Waals surface area contributed by atoms with Crippen molar-refractivity contribution in [2.45, 2.75) is 13.2 Å². The fourth-order valence-corrected chi connectivity index (χ4v) is 1.80. The first kappa shape index (κ1) is 12.9. The molecule has 2 rings (SSSR count). The molecule has 0 bridgehead atoms. The highest BCUT2D eigenvalue weighted by Gasteiger charge is 2.04. The highest BCUT2D eigenvalue weighted by Crippen LogP contribution is 2.30. The van der Waals surface area contributed by atoms with Crippen molar-refractivity contribution in [3.8, 4) is 11.5 Å². The summed E-state index contributed by atoms with van der Waals surface area (Å²) >= 11 is 6.05. The lowest BCUT2D eigenvalue weighted by molar-refractivity contribution is 0.281. The van der Waals surface area contributed by atoms with E-state index in [2.05, 4.69) is 0 Å². The number of halogens is 1. The van der Waals surface area contributed by atoms with Gasteiger partial charge < -0.3 is 14.9 Å². The van der Waals surface area contributed by atoms with E-state index < -0.39 is 0 Å². The molecule has 0 aliphatic rings. The van der Waals surface area contributed by atoms with Crippen LogP contribution in [0.2, 0.25) is 5.02 Å². The van der Waals surface area contributed by atoms with E-state index in [1.54, 1.807) is 36.4 Å². The Kier molecular flexibility index (Phi) is 4.20. The van der Waals surface area contributed by atoms with Crippen molar-refractivity contribution in [3.63, 3.8) is 0 Å². The molecule has 0 heterocycles. The zero-order valence-electron chi connectivity index (χ0n) is 9.64. The fourth-order valence-electron chi connectivity index (χ4n) is 1.56. The number of ether oxygens (including phenoxy) is 1. The Morgan fingerprint density at radius 3 is 2.33 bits per heavy atom. The van der Waals surface area contributed by atoms with E-state index in [1.165, 1.54) is 0 Å². The Labute approximate surface area is 110 Å². The van der Waals surface area contributed by atoms with Crippen LogP contribution in [-0.4, -0.2) is 10.2 Å². The maximum Gasteiger partial charge on any atom is 0.146 e. The molecule has 0 aromatic heterocycles. The van der Waals surface area contributed by atoms with Crippen LogP contribution in [0, 0.1) is 0 Å². The molecular formula is C14H13ClO3. The summed E-state index contributed by atoms with van der Waals surface area (Å²) in [6.45, 7) is -0.0889. The van der Waals surface area contributed by atoms with Crippen LogP contribution in [0.1, 0.15) is 11.1 Å². The van der Waals surface area contributed by atoms with Gasteiger partial charge in [-0.25, -0.2) is 0 Å². The molecule has 0 unspecified atom stereocenters. The van der Waals surface area contributed by atoms with E-state index in [0.29, 0.717) is 16.5 Å². The van der Waals surface area contributed by atoms with Gasteiger partial charge >= 0.3 is 0 Å². The minimum absolute atomic E-state index is 0.0334. The van der Waals surface area contributed by atoms with Crippen LogP contribution >= 0.6 is 11.6 Å². The predicted octanol–water partition coefficient (Wildman–Crippen LogP) is 3.12. The summed E-state index contributed by atoms with van der Waals surface area (Å²) in [7, 11) is 0. The van der Waals surface area contributed by atoms with Gasteiger partial charge in [-0.15, -0.1) is 0 Å². The topological polar surface area (TPSA) is 49.7 Å². The zero-order chi connectivity index (χ0) is 13.0. The van der Waals surface area contributed by atoms with Crippen molar-refractivity contribution in [2.24, 2.45) is 0 Å². The molecule has 18 heavy (non-hydrogen) atoms. The first-order chi connectivity index (χ1) is 8.72. The van der Waals surface area contributed by atoms with Crippen LogP contribution in [-0.2, 0) is 13.2 Å². The van der Waals surface area contributed by atoms with Gasteiger partial charge in [0.1, 0.15) is 11.5 Å². The second-order valence-electron chi connectivity index (χ2n) is 3.83. The third-order valence-corrected chi connectivity index (χ3v) is 2.78. The summed E-state index contributed by atoms with van der Waals surface area (Å²) < 4.78 is 5.63. The van der Waals surface area contributed by atoms with E-state index in [4.69, 9.17) is 26.6 Å². The van der Waals surface area contributed by atoms with Crippen LogP contribution in [0.25, 0.3) is 0 Å². The van der Waals surface area contributed by atoms with Crippen molar-refractivity contribution in [3.05, 3.63) is 58.6 Å². The fraction of sp³-hybridized carbons (Fsp3) is 0.143. The number of benzene rings is 2. The third kappa shape index (κ3) is 3.01. The smallest absolute Gasteiger partial charge is 0.146 e. The molecule has 0 amide bonds. The van der Waals surface area contributed by atoms with Gasteiger partial charge in [0.15, 0.2) is 0 Å². The Morgan fingerprint density at radius 1 is 0.944 bits per heavy atom. The number of aliphatic hydroxyl groups is 2. The monoisotopic (exact) mass is 264 g/mol. The highest BCUT2D eigenvalue weighted by atomic mass is 35.5. The molecule has 2 aromatic carbocycles. The minimum Gasteiger partial charge on any atom is -0.456 e. The van der Waals surface area contributed by atoms with Gasteiger partial charge in [-0.05, 0) is 35.4 Å². The number of hydrogen-bond acceptors (Lipinski definition) is 3. The van der Waals surface area contributed by atoms with E-state index in [1.807, 2.05) is 6.07 Å². The molecular weight excluding hydrogens is 252 g/mol. The molecule has 0 saturated heterocycles. The molecule has 4 heteroatoms. The lowest BCUT2D eigenvalue weighted by Crippen LogP contribution is -1.89. The normalized spacial score (nSPS) is 10.4. The molecule has 0 spiro atoms. The van der Waals surface area contributed by atoms with E-state index in [9.17, 15) is 0 Å². The molecule has 2 N–H and O–H groups in total. The van der Waals surface area contributed by atoms with Crippen LogP contribution in [0.5, 0.6) is 11.5 Å². The predicted molar refractivity (Wildman–Crippen MR) is 69.8 cm³/mol. The molecule has 0 fully saturated rings. The van der Waals surface area contributed by atoms with Crippen LogP contribution in [0.4, 0.5) is 0 Å². The maximum atomic E-state index is 9.04. The van der Waals surface area contributed by atoms with Crippen molar-refractivity contribution in [1.82, 2.24) is 0 Å². The van der Waals surface area contributed by atoms with Gasteiger partial charge in [0.25, 0.3) is 0 Å². The lowest BCUT2D eigenvalue weighted by atomic mass is 10.2. The first-order valence-electron chi connectivity index (χ1n) is 5.50. The summed E-state index contributed by atoms with van der Waals surface area (Å²) in [4.78, 5) is 0. The van der Waals surface area contributed by atoms with Gasteiger partial charge in [-0.1, -0.05) is 29.8 Å². The zero-order valence-corrected chi connectivity index (χ0v) is 10.4. The lowest BCUT2D eigenvalue weighted by Gasteiger charge is -2.09.